The first-order valence-corrected chi connectivity index (χ1v) is 10.1. The van der Waals surface area contributed by atoms with Crippen LogP contribution in [-0.2, 0) is 19.6 Å². The second-order valence-electron chi connectivity index (χ2n) is 6.07. The fourth-order valence-electron chi connectivity index (χ4n) is 2.55. The summed E-state index contributed by atoms with van der Waals surface area (Å²) in [6.45, 7) is 1.35. The van der Waals surface area contributed by atoms with E-state index in [1.807, 2.05) is 6.92 Å². The Morgan fingerprint density at radius 3 is 2.43 bits per heavy atom. The van der Waals surface area contributed by atoms with Crippen LogP contribution < -0.4 is 14.4 Å². The van der Waals surface area contributed by atoms with Crippen LogP contribution in [-0.4, -0.2) is 47.3 Å². The maximum Gasteiger partial charge on any atom is 0.337 e. The molecule has 0 atom stereocenters. The number of rotatable bonds is 7. The summed E-state index contributed by atoms with van der Waals surface area (Å²) in [5, 5.41) is 2.59. The van der Waals surface area contributed by atoms with Gasteiger partial charge >= 0.3 is 5.97 Å². The van der Waals surface area contributed by atoms with Gasteiger partial charge in [-0.3, -0.25) is 9.10 Å². The number of sulfonamides is 1. The highest BCUT2D eigenvalue weighted by molar-refractivity contribution is 7.92. The first-order valence-electron chi connectivity index (χ1n) is 8.26. The summed E-state index contributed by atoms with van der Waals surface area (Å²) in [5.74, 6) is -0.786. The van der Waals surface area contributed by atoms with Crippen molar-refractivity contribution in [3.8, 4) is 5.75 Å². The molecule has 0 aromatic heterocycles. The predicted octanol–water partition coefficient (Wildman–Crippen LogP) is 2.19. The normalized spacial score (nSPS) is 10.9. The first-order chi connectivity index (χ1) is 13.2. The first kappa shape index (κ1) is 21.2. The minimum Gasteiger partial charge on any atom is -0.495 e. The van der Waals surface area contributed by atoms with Crippen LogP contribution in [0.25, 0.3) is 0 Å². The number of carbonyl (C=O) groups excluding carboxylic acids is 2. The van der Waals surface area contributed by atoms with Crippen LogP contribution in [0.15, 0.2) is 42.5 Å². The van der Waals surface area contributed by atoms with Gasteiger partial charge in [-0.2, -0.15) is 0 Å². The van der Waals surface area contributed by atoms with Crippen molar-refractivity contribution in [2.75, 3.05) is 36.6 Å². The van der Waals surface area contributed by atoms with E-state index in [4.69, 9.17) is 4.74 Å². The van der Waals surface area contributed by atoms with Crippen molar-refractivity contribution in [2.24, 2.45) is 0 Å². The summed E-state index contributed by atoms with van der Waals surface area (Å²) in [6, 6.07) is 11.2. The van der Waals surface area contributed by atoms with E-state index in [-0.39, 0.29) is 11.3 Å². The Kier molecular flexibility index (Phi) is 6.63. The second-order valence-corrected chi connectivity index (χ2v) is 7.97. The fourth-order valence-corrected chi connectivity index (χ4v) is 3.40. The summed E-state index contributed by atoms with van der Waals surface area (Å²) in [7, 11) is -1.08. The molecule has 9 heteroatoms. The Morgan fingerprint density at radius 2 is 1.82 bits per heavy atom. The van der Waals surface area contributed by atoms with Crippen molar-refractivity contribution in [3.63, 3.8) is 0 Å². The number of carbonyl (C=O) groups is 2. The van der Waals surface area contributed by atoms with Crippen LogP contribution in [0.3, 0.4) is 0 Å². The van der Waals surface area contributed by atoms with Gasteiger partial charge in [0, 0.05) is 5.69 Å². The van der Waals surface area contributed by atoms with Crippen LogP contribution in [0.5, 0.6) is 5.75 Å². The number of methoxy groups -OCH3 is 2. The zero-order valence-electron chi connectivity index (χ0n) is 16.1. The zero-order valence-corrected chi connectivity index (χ0v) is 16.9. The van der Waals surface area contributed by atoms with Gasteiger partial charge in [-0.25, -0.2) is 13.2 Å². The van der Waals surface area contributed by atoms with Crippen LogP contribution in [0.4, 0.5) is 11.4 Å². The highest BCUT2D eigenvalue weighted by atomic mass is 32.2. The number of hydrogen-bond acceptors (Lipinski definition) is 6. The topological polar surface area (TPSA) is 102 Å². The molecule has 0 unspecified atom stereocenters. The van der Waals surface area contributed by atoms with E-state index in [9.17, 15) is 18.0 Å². The number of esters is 1. The SMILES string of the molecule is COC(=O)c1cccc(NC(=O)CN(c2cc(C)ccc2OC)S(C)(=O)=O)c1. The summed E-state index contributed by atoms with van der Waals surface area (Å²) in [4.78, 5) is 24.1. The molecule has 150 valence electrons. The third kappa shape index (κ3) is 5.23. The molecule has 8 nitrogen and oxygen atoms in total. The lowest BCUT2D eigenvalue weighted by Gasteiger charge is -2.24. The zero-order chi connectivity index (χ0) is 20.9. The number of nitrogens with one attached hydrogen (secondary N) is 1. The molecule has 1 N–H and O–H groups in total. The van der Waals surface area contributed by atoms with E-state index >= 15 is 0 Å². The average molecular weight is 406 g/mol. The Hall–Kier alpha value is -3.07. The van der Waals surface area contributed by atoms with Gasteiger partial charge < -0.3 is 14.8 Å². The molecule has 0 bridgehead atoms. The minimum absolute atomic E-state index is 0.264. The number of benzene rings is 2. The number of hydrogen-bond donors (Lipinski definition) is 1. The lowest BCUT2D eigenvalue weighted by molar-refractivity contribution is -0.114. The average Bonchev–Trinajstić information content (AvgIpc) is 2.64. The van der Waals surface area contributed by atoms with E-state index in [0.29, 0.717) is 11.4 Å². The van der Waals surface area contributed by atoms with E-state index in [1.165, 1.54) is 20.3 Å². The van der Waals surface area contributed by atoms with Gasteiger partial charge in [0.05, 0.1) is 31.7 Å². The van der Waals surface area contributed by atoms with Crippen LogP contribution >= 0.6 is 0 Å². The molecule has 2 aromatic carbocycles. The summed E-state index contributed by atoms with van der Waals surface area (Å²) in [6.07, 6.45) is 1.01. The van der Waals surface area contributed by atoms with E-state index in [1.54, 1.807) is 36.4 Å². The highest BCUT2D eigenvalue weighted by Gasteiger charge is 2.24. The van der Waals surface area contributed by atoms with Crippen molar-refractivity contribution >= 4 is 33.3 Å². The molecule has 0 aliphatic carbocycles. The molecule has 0 fully saturated rings. The molecular formula is C19H22N2O6S. The van der Waals surface area contributed by atoms with Gasteiger partial charge in [0.1, 0.15) is 12.3 Å². The van der Waals surface area contributed by atoms with E-state index < -0.39 is 28.4 Å². The third-order valence-electron chi connectivity index (χ3n) is 3.86. The van der Waals surface area contributed by atoms with Crippen molar-refractivity contribution in [1.29, 1.82) is 0 Å². The van der Waals surface area contributed by atoms with Gasteiger partial charge in [-0.05, 0) is 42.8 Å². The molecule has 0 saturated carbocycles. The van der Waals surface area contributed by atoms with Crippen molar-refractivity contribution in [2.45, 2.75) is 6.92 Å². The minimum atomic E-state index is -3.76. The summed E-state index contributed by atoms with van der Waals surface area (Å²) < 4.78 is 35.5. The molecule has 0 aliphatic rings. The largest absolute Gasteiger partial charge is 0.495 e. The Balaban J connectivity index is 2.28. The third-order valence-corrected chi connectivity index (χ3v) is 4.98. The van der Waals surface area contributed by atoms with Crippen molar-refractivity contribution < 1.29 is 27.5 Å². The maximum atomic E-state index is 12.5. The van der Waals surface area contributed by atoms with Gasteiger partial charge in [-0.15, -0.1) is 0 Å². The number of anilines is 2. The maximum absolute atomic E-state index is 12.5. The molecule has 0 saturated heterocycles. The van der Waals surface area contributed by atoms with E-state index in [0.717, 1.165) is 16.1 Å². The smallest absolute Gasteiger partial charge is 0.337 e. The molecular weight excluding hydrogens is 384 g/mol. The molecule has 28 heavy (non-hydrogen) atoms. The molecule has 0 heterocycles. The van der Waals surface area contributed by atoms with Gasteiger partial charge in [0.25, 0.3) is 0 Å². The quantitative estimate of drug-likeness (QED) is 0.707. The summed E-state index contributed by atoms with van der Waals surface area (Å²) >= 11 is 0. The lowest BCUT2D eigenvalue weighted by atomic mass is 10.2. The predicted molar refractivity (Wildman–Crippen MR) is 106 cm³/mol. The number of amides is 1. The van der Waals surface area contributed by atoms with Crippen LogP contribution in [0.2, 0.25) is 0 Å². The number of aryl methyl sites for hydroxylation is 1. The van der Waals surface area contributed by atoms with E-state index in [2.05, 4.69) is 10.1 Å². The van der Waals surface area contributed by atoms with Gasteiger partial charge in [0.15, 0.2) is 0 Å². The monoisotopic (exact) mass is 406 g/mol. The van der Waals surface area contributed by atoms with Crippen molar-refractivity contribution in [3.05, 3.63) is 53.6 Å². The fraction of sp³-hybridized carbons (Fsp3) is 0.263. The molecule has 0 radical (unpaired) electrons. The summed E-state index contributed by atoms with van der Waals surface area (Å²) in [5.41, 5.74) is 1.69. The second kappa shape index (κ2) is 8.75. The standard InChI is InChI=1S/C19H22N2O6S/c1-13-8-9-17(26-2)16(10-13)21(28(4,24)25)12-18(22)20-15-7-5-6-14(11-15)19(23)27-3/h5-11H,12H2,1-4H3,(H,20,22). The number of nitrogens with zero attached hydrogens (tertiary/aromatic N) is 1. The highest BCUT2D eigenvalue weighted by Crippen LogP contribution is 2.31. The molecule has 0 spiro atoms. The van der Waals surface area contributed by atoms with Crippen molar-refractivity contribution in [1.82, 2.24) is 0 Å². The molecule has 2 rings (SSSR count). The van der Waals surface area contributed by atoms with Crippen LogP contribution in [0.1, 0.15) is 15.9 Å². The Labute approximate surface area is 164 Å². The molecule has 2 aromatic rings. The van der Waals surface area contributed by atoms with Gasteiger partial charge in [-0.1, -0.05) is 12.1 Å². The van der Waals surface area contributed by atoms with Crippen LogP contribution in [0, 0.1) is 6.92 Å². The Morgan fingerprint density at radius 1 is 1.11 bits per heavy atom. The number of ether oxygens (including phenoxy) is 2. The molecule has 0 aliphatic heterocycles. The van der Waals surface area contributed by atoms with Gasteiger partial charge in [0.2, 0.25) is 15.9 Å². The Bertz CT molecular complexity index is 988. The lowest BCUT2D eigenvalue weighted by Crippen LogP contribution is -2.37. The molecule has 1 amide bonds.